The highest BCUT2D eigenvalue weighted by molar-refractivity contribution is 14.0. The molecule has 0 unspecified atom stereocenters. The van der Waals surface area contributed by atoms with E-state index in [-0.39, 0.29) is 24.0 Å². The standard InChI is InChI=1S/C16H27N3O3.HI/c1-5-17-16(18-10-7-11-20-3)19-13-8-9-14(21-4)15(12-13)22-6-2;/h8-9,12H,5-7,10-11H2,1-4H3,(H2,17,18,19);1H. The molecule has 23 heavy (non-hydrogen) atoms. The highest BCUT2D eigenvalue weighted by Crippen LogP contribution is 2.30. The van der Waals surface area contributed by atoms with Crippen molar-refractivity contribution in [2.45, 2.75) is 20.3 Å². The van der Waals surface area contributed by atoms with E-state index in [4.69, 9.17) is 14.2 Å². The molecule has 1 rings (SSSR count). The third-order valence-electron chi connectivity index (χ3n) is 2.85. The second-order valence-corrected chi connectivity index (χ2v) is 4.53. The minimum atomic E-state index is 0. The van der Waals surface area contributed by atoms with Gasteiger partial charge in [0.15, 0.2) is 17.5 Å². The lowest BCUT2D eigenvalue weighted by Gasteiger charge is -2.14. The third kappa shape index (κ3) is 8.26. The highest BCUT2D eigenvalue weighted by Gasteiger charge is 2.06. The molecular weight excluding hydrogens is 409 g/mol. The zero-order chi connectivity index (χ0) is 16.2. The van der Waals surface area contributed by atoms with Crippen molar-refractivity contribution < 1.29 is 14.2 Å². The fourth-order valence-corrected chi connectivity index (χ4v) is 1.87. The number of aliphatic imine (C=N–C) groups is 1. The number of hydrogen-bond donors (Lipinski definition) is 2. The molecule has 0 amide bonds. The van der Waals surface area contributed by atoms with E-state index in [1.807, 2.05) is 32.0 Å². The topological polar surface area (TPSA) is 64.1 Å². The van der Waals surface area contributed by atoms with Crippen LogP contribution >= 0.6 is 24.0 Å². The number of nitrogens with one attached hydrogen (secondary N) is 2. The van der Waals surface area contributed by atoms with Crippen molar-refractivity contribution in [3.63, 3.8) is 0 Å². The summed E-state index contributed by atoms with van der Waals surface area (Å²) in [5.74, 6) is 2.17. The molecule has 0 radical (unpaired) electrons. The molecule has 6 nitrogen and oxygen atoms in total. The van der Waals surface area contributed by atoms with E-state index in [1.165, 1.54) is 0 Å². The van der Waals surface area contributed by atoms with E-state index in [0.717, 1.165) is 30.4 Å². The summed E-state index contributed by atoms with van der Waals surface area (Å²) in [4.78, 5) is 4.51. The van der Waals surface area contributed by atoms with Gasteiger partial charge in [0.2, 0.25) is 0 Å². The first-order valence-corrected chi connectivity index (χ1v) is 7.60. The number of ether oxygens (including phenoxy) is 3. The molecule has 0 aliphatic carbocycles. The largest absolute Gasteiger partial charge is 0.493 e. The van der Waals surface area contributed by atoms with Crippen LogP contribution in [0.25, 0.3) is 0 Å². The molecule has 2 N–H and O–H groups in total. The van der Waals surface area contributed by atoms with Gasteiger partial charge in [-0.25, -0.2) is 0 Å². The normalized spacial score (nSPS) is 10.7. The van der Waals surface area contributed by atoms with Crippen molar-refractivity contribution in [2.24, 2.45) is 4.99 Å². The fraction of sp³-hybridized carbons (Fsp3) is 0.562. The van der Waals surface area contributed by atoms with Crippen LogP contribution in [0.4, 0.5) is 5.69 Å². The number of benzene rings is 1. The summed E-state index contributed by atoms with van der Waals surface area (Å²) < 4.78 is 15.9. The maximum atomic E-state index is 5.58. The monoisotopic (exact) mass is 437 g/mol. The van der Waals surface area contributed by atoms with E-state index in [0.29, 0.717) is 25.5 Å². The molecule has 1 aromatic rings. The zero-order valence-electron chi connectivity index (χ0n) is 14.3. The number of methoxy groups -OCH3 is 2. The highest BCUT2D eigenvalue weighted by atomic mass is 127. The number of halogens is 1. The van der Waals surface area contributed by atoms with Gasteiger partial charge in [-0.3, -0.25) is 4.99 Å². The van der Waals surface area contributed by atoms with Crippen LogP contribution in [-0.2, 0) is 4.74 Å². The van der Waals surface area contributed by atoms with Crippen molar-refractivity contribution in [1.82, 2.24) is 5.32 Å². The first-order chi connectivity index (χ1) is 10.7. The van der Waals surface area contributed by atoms with E-state index in [9.17, 15) is 0 Å². The van der Waals surface area contributed by atoms with Gasteiger partial charge in [-0.2, -0.15) is 0 Å². The number of hydrogen-bond acceptors (Lipinski definition) is 4. The van der Waals surface area contributed by atoms with Gasteiger partial charge in [-0.05, 0) is 32.4 Å². The molecule has 132 valence electrons. The quantitative estimate of drug-likeness (QED) is 0.269. The first kappa shape index (κ1) is 21.8. The summed E-state index contributed by atoms with van der Waals surface area (Å²) in [6.45, 7) is 6.78. The van der Waals surface area contributed by atoms with Gasteiger partial charge < -0.3 is 24.8 Å². The maximum absolute atomic E-state index is 5.58. The molecule has 0 spiro atoms. The lowest BCUT2D eigenvalue weighted by atomic mass is 10.2. The zero-order valence-corrected chi connectivity index (χ0v) is 16.7. The first-order valence-electron chi connectivity index (χ1n) is 7.60. The molecule has 0 atom stereocenters. The van der Waals surface area contributed by atoms with E-state index in [2.05, 4.69) is 15.6 Å². The minimum Gasteiger partial charge on any atom is -0.493 e. The SMILES string of the molecule is CCNC(=NCCCOC)Nc1ccc(OC)c(OCC)c1.I. The predicted octanol–water partition coefficient (Wildman–Crippen LogP) is 3.13. The summed E-state index contributed by atoms with van der Waals surface area (Å²) in [6, 6.07) is 5.72. The second-order valence-electron chi connectivity index (χ2n) is 4.53. The second kappa shape index (κ2) is 13.2. The fourth-order valence-electron chi connectivity index (χ4n) is 1.87. The van der Waals surface area contributed by atoms with E-state index < -0.39 is 0 Å². The van der Waals surface area contributed by atoms with Crippen LogP contribution in [0.5, 0.6) is 11.5 Å². The number of nitrogens with zero attached hydrogens (tertiary/aromatic N) is 1. The predicted molar refractivity (Wildman–Crippen MR) is 106 cm³/mol. The molecule has 7 heteroatoms. The Kier molecular flexibility index (Phi) is 12.5. The molecule has 0 aliphatic rings. The molecule has 0 aliphatic heterocycles. The van der Waals surface area contributed by atoms with Crippen LogP contribution in [-0.4, -0.2) is 46.5 Å². The van der Waals surface area contributed by atoms with Gasteiger partial charge in [-0.1, -0.05) is 0 Å². The third-order valence-corrected chi connectivity index (χ3v) is 2.85. The Labute approximate surface area is 156 Å². The van der Waals surface area contributed by atoms with Gasteiger partial charge in [-0.15, -0.1) is 24.0 Å². The van der Waals surface area contributed by atoms with Crippen LogP contribution < -0.4 is 20.1 Å². The van der Waals surface area contributed by atoms with Crippen molar-refractivity contribution in [1.29, 1.82) is 0 Å². The average Bonchev–Trinajstić information content (AvgIpc) is 2.52. The Morgan fingerprint density at radius 1 is 1.17 bits per heavy atom. The number of guanidine groups is 1. The summed E-state index contributed by atoms with van der Waals surface area (Å²) in [7, 11) is 3.33. The van der Waals surface area contributed by atoms with Gasteiger partial charge in [0.25, 0.3) is 0 Å². The van der Waals surface area contributed by atoms with Crippen LogP contribution in [0.3, 0.4) is 0 Å². The molecule has 0 saturated heterocycles. The lowest BCUT2D eigenvalue weighted by molar-refractivity contribution is 0.197. The molecule has 1 aromatic carbocycles. The Morgan fingerprint density at radius 3 is 2.57 bits per heavy atom. The number of rotatable bonds is 9. The summed E-state index contributed by atoms with van der Waals surface area (Å²) in [5.41, 5.74) is 0.899. The van der Waals surface area contributed by atoms with Crippen LogP contribution in [0.2, 0.25) is 0 Å². The Bertz CT molecular complexity index is 470. The number of anilines is 1. The summed E-state index contributed by atoms with van der Waals surface area (Å²) in [6.07, 6.45) is 0.889. The average molecular weight is 437 g/mol. The van der Waals surface area contributed by atoms with E-state index in [1.54, 1.807) is 14.2 Å². The Hall–Kier alpha value is -1.22. The maximum Gasteiger partial charge on any atom is 0.195 e. The van der Waals surface area contributed by atoms with Crippen molar-refractivity contribution in [2.75, 3.05) is 45.8 Å². The Balaban J connectivity index is 0.00000484. The van der Waals surface area contributed by atoms with Gasteiger partial charge in [0.05, 0.1) is 13.7 Å². The smallest absolute Gasteiger partial charge is 0.195 e. The molecule has 0 fully saturated rings. The van der Waals surface area contributed by atoms with Crippen molar-refractivity contribution >= 4 is 35.6 Å². The Morgan fingerprint density at radius 2 is 1.96 bits per heavy atom. The van der Waals surface area contributed by atoms with Gasteiger partial charge >= 0.3 is 0 Å². The van der Waals surface area contributed by atoms with Crippen LogP contribution in [0.15, 0.2) is 23.2 Å². The van der Waals surface area contributed by atoms with Crippen molar-refractivity contribution in [3.05, 3.63) is 18.2 Å². The molecular formula is C16H28IN3O3. The molecule has 0 bridgehead atoms. The minimum absolute atomic E-state index is 0. The van der Waals surface area contributed by atoms with Crippen LogP contribution in [0, 0.1) is 0 Å². The van der Waals surface area contributed by atoms with Crippen LogP contribution in [0.1, 0.15) is 20.3 Å². The van der Waals surface area contributed by atoms with Crippen molar-refractivity contribution in [3.8, 4) is 11.5 Å². The molecule has 0 aromatic heterocycles. The summed E-state index contributed by atoms with van der Waals surface area (Å²) >= 11 is 0. The van der Waals surface area contributed by atoms with Gasteiger partial charge in [0.1, 0.15) is 0 Å². The molecule has 0 heterocycles. The lowest BCUT2D eigenvalue weighted by Crippen LogP contribution is -2.30. The van der Waals surface area contributed by atoms with E-state index >= 15 is 0 Å². The van der Waals surface area contributed by atoms with Gasteiger partial charge in [0, 0.05) is 38.6 Å². The summed E-state index contributed by atoms with van der Waals surface area (Å²) in [5, 5.41) is 6.48. The molecule has 0 saturated carbocycles.